The lowest BCUT2D eigenvalue weighted by Crippen LogP contribution is -2.29. The molecule has 0 radical (unpaired) electrons. The van der Waals surface area contributed by atoms with Gasteiger partial charge in [-0.05, 0) is 45.0 Å². The van der Waals surface area contributed by atoms with Crippen LogP contribution in [0.4, 0.5) is 0 Å². The highest BCUT2D eigenvalue weighted by Crippen LogP contribution is 2.21. The summed E-state index contributed by atoms with van der Waals surface area (Å²) in [4.78, 5) is 28.6. The first-order valence-electron chi connectivity index (χ1n) is 9.56. The van der Waals surface area contributed by atoms with Crippen LogP contribution >= 0.6 is 0 Å². The van der Waals surface area contributed by atoms with E-state index in [1.807, 2.05) is 16.8 Å². The lowest BCUT2D eigenvalue weighted by Gasteiger charge is -2.19. The van der Waals surface area contributed by atoms with Crippen LogP contribution in [-0.2, 0) is 9.53 Å². The van der Waals surface area contributed by atoms with Crippen LogP contribution in [0, 0.1) is 5.41 Å². The molecule has 0 bridgehead atoms. The second-order valence-corrected chi connectivity index (χ2v) is 7.86. The molecule has 156 valence electrons. The number of hydrogen-bond acceptors (Lipinski definition) is 5. The second-order valence-electron chi connectivity index (χ2n) is 7.86. The van der Waals surface area contributed by atoms with Crippen LogP contribution < -0.4 is 11.1 Å². The van der Waals surface area contributed by atoms with Crippen LogP contribution in [-0.4, -0.2) is 39.2 Å². The van der Waals surface area contributed by atoms with Gasteiger partial charge in [-0.25, -0.2) is 4.98 Å². The number of carbonyl (C=O) groups excluding carboxylic acids is 2. The van der Waals surface area contributed by atoms with Gasteiger partial charge in [-0.3, -0.25) is 15.0 Å². The molecule has 3 rings (SSSR count). The first kappa shape index (κ1) is 21.0. The number of hydrogen-bond donors (Lipinski definition) is 3. The van der Waals surface area contributed by atoms with Crippen molar-refractivity contribution < 1.29 is 14.3 Å². The topological polar surface area (TPSA) is 123 Å². The largest absolute Gasteiger partial charge is 0.460 e. The first-order chi connectivity index (χ1) is 14.1. The van der Waals surface area contributed by atoms with E-state index >= 15 is 0 Å². The van der Waals surface area contributed by atoms with Gasteiger partial charge in [0.15, 0.2) is 0 Å². The number of nitrogen functional groups attached to an aromatic ring is 1. The quantitative estimate of drug-likeness (QED) is 0.329. The van der Waals surface area contributed by atoms with E-state index in [0.717, 1.165) is 5.56 Å². The number of rotatable bonds is 6. The van der Waals surface area contributed by atoms with E-state index in [1.54, 1.807) is 57.2 Å². The average Bonchev–Trinajstić information content (AvgIpc) is 3.10. The number of amidine groups is 1. The van der Waals surface area contributed by atoms with Crippen LogP contribution in [0.1, 0.15) is 43.1 Å². The molecule has 0 saturated heterocycles. The fourth-order valence-corrected chi connectivity index (χ4v) is 2.93. The molecular formula is C22H25N5O3. The molecule has 8 nitrogen and oxygen atoms in total. The van der Waals surface area contributed by atoms with Gasteiger partial charge in [0.1, 0.15) is 17.1 Å². The summed E-state index contributed by atoms with van der Waals surface area (Å²) < 4.78 is 7.03. The third kappa shape index (κ3) is 5.02. The number of imidazole rings is 1. The van der Waals surface area contributed by atoms with Crippen LogP contribution in [0.15, 0.2) is 48.8 Å². The molecule has 1 amide bonds. The van der Waals surface area contributed by atoms with Crippen LogP contribution in [0.3, 0.4) is 0 Å². The van der Waals surface area contributed by atoms with E-state index in [-0.39, 0.29) is 30.7 Å². The molecule has 0 saturated carbocycles. The van der Waals surface area contributed by atoms with Crippen molar-refractivity contribution >= 4 is 23.4 Å². The molecule has 0 aliphatic carbocycles. The highest BCUT2D eigenvalue weighted by molar-refractivity contribution is 6.00. The number of fused-ring (bicyclic) bond motifs is 1. The summed E-state index contributed by atoms with van der Waals surface area (Å²) in [6, 6.07) is 10.6. The zero-order valence-corrected chi connectivity index (χ0v) is 17.2. The van der Waals surface area contributed by atoms with Gasteiger partial charge >= 0.3 is 5.97 Å². The number of esters is 1. The molecule has 0 atom stereocenters. The lowest BCUT2D eigenvalue weighted by molar-refractivity contribution is -0.154. The molecule has 8 heteroatoms. The zero-order valence-electron chi connectivity index (χ0n) is 17.2. The van der Waals surface area contributed by atoms with Crippen molar-refractivity contribution in [1.29, 1.82) is 5.41 Å². The van der Waals surface area contributed by atoms with Crippen molar-refractivity contribution in [3.63, 3.8) is 0 Å². The molecule has 0 aliphatic heterocycles. The molecule has 0 fully saturated rings. The minimum Gasteiger partial charge on any atom is -0.460 e. The van der Waals surface area contributed by atoms with Crippen molar-refractivity contribution in [3.05, 3.63) is 59.9 Å². The molecular weight excluding hydrogens is 382 g/mol. The fraction of sp³-hybridized carbons (Fsp3) is 0.273. The number of nitrogens with one attached hydrogen (secondary N) is 2. The minimum absolute atomic E-state index is 0.0452. The first-order valence-corrected chi connectivity index (χ1v) is 9.56. The Balaban J connectivity index is 1.66. The SMILES string of the molecule is CC(C)(C)OC(=O)CCNC(=O)c1ccc(-c2cn3cccc(C(=N)N)c3n2)cc1. The molecule has 1 aromatic carbocycles. The number of nitrogens with zero attached hydrogens (tertiary/aromatic N) is 2. The average molecular weight is 407 g/mol. The number of carbonyl (C=O) groups is 2. The monoisotopic (exact) mass is 407 g/mol. The third-order valence-corrected chi connectivity index (χ3v) is 4.25. The van der Waals surface area contributed by atoms with Crippen LogP contribution in [0.25, 0.3) is 16.9 Å². The molecule has 3 aromatic rings. The highest BCUT2D eigenvalue weighted by atomic mass is 16.6. The maximum absolute atomic E-state index is 12.3. The number of aromatic nitrogens is 2. The van der Waals surface area contributed by atoms with Crippen LogP contribution in [0.5, 0.6) is 0 Å². The maximum atomic E-state index is 12.3. The fourth-order valence-electron chi connectivity index (χ4n) is 2.93. The Labute approximate surface area is 174 Å². The summed E-state index contributed by atoms with van der Waals surface area (Å²) in [6.07, 6.45) is 3.79. The minimum atomic E-state index is -0.542. The smallest absolute Gasteiger partial charge is 0.308 e. The predicted molar refractivity (Wildman–Crippen MR) is 114 cm³/mol. The van der Waals surface area contributed by atoms with E-state index in [0.29, 0.717) is 22.5 Å². The summed E-state index contributed by atoms with van der Waals surface area (Å²) in [5, 5.41) is 10.4. The normalized spacial score (nSPS) is 11.3. The van der Waals surface area contributed by atoms with Gasteiger partial charge in [0.2, 0.25) is 0 Å². The van der Waals surface area contributed by atoms with Gasteiger partial charge in [0.25, 0.3) is 5.91 Å². The summed E-state index contributed by atoms with van der Waals surface area (Å²) in [5.74, 6) is -0.662. The van der Waals surface area contributed by atoms with E-state index in [4.69, 9.17) is 15.9 Å². The summed E-state index contributed by atoms with van der Waals surface area (Å²) in [6.45, 7) is 5.61. The van der Waals surface area contributed by atoms with Gasteiger partial charge in [0.05, 0.1) is 17.7 Å². The second kappa shape index (κ2) is 8.36. The lowest BCUT2D eigenvalue weighted by atomic mass is 10.1. The van der Waals surface area contributed by atoms with Crippen molar-refractivity contribution in [2.75, 3.05) is 6.54 Å². The Morgan fingerprint density at radius 2 is 1.90 bits per heavy atom. The molecule has 2 heterocycles. The number of amides is 1. The Bertz CT molecular complexity index is 1090. The Morgan fingerprint density at radius 1 is 1.20 bits per heavy atom. The van der Waals surface area contributed by atoms with E-state index in [1.165, 1.54) is 0 Å². The summed E-state index contributed by atoms with van der Waals surface area (Å²) >= 11 is 0. The highest BCUT2D eigenvalue weighted by Gasteiger charge is 2.16. The molecule has 2 aromatic heterocycles. The Kier molecular flexibility index (Phi) is 5.86. The van der Waals surface area contributed by atoms with Gasteiger partial charge in [-0.2, -0.15) is 0 Å². The zero-order chi connectivity index (χ0) is 21.9. The van der Waals surface area contributed by atoms with E-state index in [9.17, 15) is 9.59 Å². The Hall–Kier alpha value is -3.68. The van der Waals surface area contributed by atoms with Crippen molar-refractivity contribution in [3.8, 4) is 11.3 Å². The van der Waals surface area contributed by atoms with E-state index in [2.05, 4.69) is 10.3 Å². The van der Waals surface area contributed by atoms with Gasteiger partial charge in [0, 0.05) is 30.1 Å². The summed E-state index contributed by atoms with van der Waals surface area (Å²) in [5.41, 5.74) is 8.27. The van der Waals surface area contributed by atoms with Gasteiger partial charge in [-0.1, -0.05) is 12.1 Å². The number of ether oxygens (including phenoxy) is 1. The predicted octanol–water partition coefficient (Wildman–Crippen LogP) is 2.75. The molecule has 30 heavy (non-hydrogen) atoms. The van der Waals surface area contributed by atoms with Gasteiger partial charge in [-0.15, -0.1) is 0 Å². The van der Waals surface area contributed by atoms with Crippen molar-refractivity contribution in [1.82, 2.24) is 14.7 Å². The number of pyridine rings is 1. The number of nitrogens with two attached hydrogens (primary N) is 1. The maximum Gasteiger partial charge on any atom is 0.308 e. The Morgan fingerprint density at radius 3 is 2.53 bits per heavy atom. The standard InChI is InChI=1S/C22H25N5O3/c1-22(2,3)30-18(28)10-11-25-21(29)15-8-6-14(7-9-15)17-13-27-12-4-5-16(19(23)24)20(27)26-17/h4-9,12-13H,10-11H2,1-3H3,(H3,23,24)(H,25,29). The molecule has 0 spiro atoms. The number of benzene rings is 1. The molecule has 0 aliphatic rings. The third-order valence-electron chi connectivity index (χ3n) is 4.25. The molecule has 4 N–H and O–H groups in total. The van der Waals surface area contributed by atoms with Crippen molar-refractivity contribution in [2.45, 2.75) is 32.8 Å². The summed E-state index contributed by atoms with van der Waals surface area (Å²) in [7, 11) is 0. The van der Waals surface area contributed by atoms with Crippen molar-refractivity contribution in [2.24, 2.45) is 5.73 Å². The van der Waals surface area contributed by atoms with Crippen LogP contribution in [0.2, 0.25) is 0 Å². The van der Waals surface area contributed by atoms with E-state index < -0.39 is 5.60 Å². The molecule has 0 unspecified atom stereocenters. The van der Waals surface area contributed by atoms with Gasteiger partial charge < -0.3 is 20.2 Å².